The third-order valence-electron chi connectivity index (χ3n) is 3.82. The molecule has 0 bridgehead atoms. The number of nitrogens with zero attached hydrogens (tertiary/aromatic N) is 3. The lowest BCUT2D eigenvalue weighted by atomic mass is 10.1. The fraction of sp³-hybridized carbons (Fsp3) is 0.118. The van der Waals surface area contributed by atoms with Gasteiger partial charge in [-0.25, -0.2) is 14.3 Å². The first-order valence-electron chi connectivity index (χ1n) is 7.26. The molecule has 0 spiro atoms. The molecular formula is C17H14N4O2. The van der Waals surface area contributed by atoms with Gasteiger partial charge in [-0.3, -0.25) is 0 Å². The van der Waals surface area contributed by atoms with Gasteiger partial charge in [-0.1, -0.05) is 12.1 Å². The summed E-state index contributed by atoms with van der Waals surface area (Å²) in [4.78, 5) is 19.8. The second-order valence-electron chi connectivity index (χ2n) is 5.28. The Labute approximate surface area is 131 Å². The summed E-state index contributed by atoms with van der Waals surface area (Å²) in [6, 6.07) is 9.61. The SMILES string of the molecule is Cc1nn2cccnc2c1C(=O)OCc1cccc2[nH]ccc12. The molecule has 4 rings (SSSR count). The number of benzene rings is 1. The van der Waals surface area contributed by atoms with Crippen molar-refractivity contribution in [2.45, 2.75) is 13.5 Å². The molecule has 6 nitrogen and oxygen atoms in total. The Kier molecular flexibility index (Phi) is 3.08. The lowest BCUT2D eigenvalue weighted by Gasteiger charge is -2.06. The molecule has 0 saturated heterocycles. The van der Waals surface area contributed by atoms with Gasteiger partial charge in [0, 0.05) is 29.5 Å². The maximum atomic E-state index is 12.5. The highest BCUT2D eigenvalue weighted by Gasteiger charge is 2.19. The summed E-state index contributed by atoms with van der Waals surface area (Å²) in [5.41, 5.74) is 3.50. The van der Waals surface area contributed by atoms with E-state index in [2.05, 4.69) is 15.1 Å². The van der Waals surface area contributed by atoms with Crippen LogP contribution in [0.2, 0.25) is 0 Å². The van der Waals surface area contributed by atoms with E-state index in [0.717, 1.165) is 16.5 Å². The van der Waals surface area contributed by atoms with Crippen molar-refractivity contribution in [3.63, 3.8) is 0 Å². The van der Waals surface area contributed by atoms with Crippen molar-refractivity contribution in [1.29, 1.82) is 0 Å². The first kappa shape index (κ1) is 13.5. The van der Waals surface area contributed by atoms with Crippen molar-refractivity contribution < 1.29 is 9.53 Å². The normalized spacial score (nSPS) is 11.2. The van der Waals surface area contributed by atoms with Crippen LogP contribution in [0.5, 0.6) is 0 Å². The minimum atomic E-state index is -0.413. The van der Waals surface area contributed by atoms with E-state index >= 15 is 0 Å². The number of fused-ring (bicyclic) bond motifs is 2. The van der Waals surface area contributed by atoms with Crippen LogP contribution in [0.3, 0.4) is 0 Å². The summed E-state index contributed by atoms with van der Waals surface area (Å²) in [7, 11) is 0. The Balaban J connectivity index is 1.63. The highest BCUT2D eigenvalue weighted by Crippen LogP contribution is 2.20. The molecule has 0 aliphatic carbocycles. The van der Waals surface area contributed by atoms with Crippen molar-refractivity contribution in [1.82, 2.24) is 19.6 Å². The van der Waals surface area contributed by atoms with Crippen LogP contribution in [0.1, 0.15) is 21.6 Å². The lowest BCUT2D eigenvalue weighted by molar-refractivity contribution is 0.0475. The van der Waals surface area contributed by atoms with Crippen LogP contribution in [0.25, 0.3) is 16.6 Å². The summed E-state index contributed by atoms with van der Waals surface area (Å²) in [6.45, 7) is 1.98. The zero-order chi connectivity index (χ0) is 15.8. The Bertz CT molecular complexity index is 1020. The van der Waals surface area contributed by atoms with Gasteiger partial charge in [-0.05, 0) is 30.7 Å². The summed E-state index contributed by atoms with van der Waals surface area (Å²) in [5, 5.41) is 5.33. The number of H-pyrrole nitrogens is 1. The molecule has 0 aliphatic heterocycles. The van der Waals surface area contributed by atoms with E-state index in [-0.39, 0.29) is 6.61 Å². The average molecular weight is 306 g/mol. The first-order valence-corrected chi connectivity index (χ1v) is 7.26. The molecule has 6 heteroatoms. The zero-order valence-corrected chi connectivity index (χ0v) is 12.5. The summed E-state index contributed by atoms with van der Waals surface area (Å²) >= 11 is 0. The van der Waals surface area contributed by atoms with Gasteiger partial charge < -0.3 is 9.72 Å². The molecule has 3 aromatic heterocycles. The Morgan fingerprint density at radius 2 is 2.22 bits per heavy atom. The van der Waals surface area contributed by atoms with Gasteiger partial charge in [0.25, 0.3) is 0 Å². The quantitative estimate of drug-likeness (QED) is 0.591. The van der Waals surface area contributed by atoms with Crippen LogP contribution >= 0.6 is 0 Å². The number of aryl methyl sites for hydroxylation is 1. The van der Waals surface area contributed by atoms with E-state index in [1.54, 1.807) is 29.9 Å². The van der Waals surface area contributed by atoms with E-state index in [9.17, 15) is 4.79 Å². The van der Waals surface area contributed by atoms with Crippen molar-refractivity contribution in [2.24, 2.45) is 0 Å². The minimum absolute atomic E-state index is 0.206. The maximum Gasteiger partial charge on any atom is 0.344 e. The largest absolute Gasteiger partial charge is 0.457 e. The molecule has 0 fully saturated rings. The third kappa shape index (κ3) is 2.24. The average Bonchev–Trinajstić information content (AvgIpc) is 3.15. The molecule has 0 aliphatic rings. The number of esters is 1. The third-order valence-corrected chi connectivity index (χ3v) is 3.82. The molecular weight excluding hydrogens is 292 g/mol. The number of nitrogens with one attached hydrogen (secondary N) is 1. The molecule has 0 amide bonds. The Hall–Kier alpha value is -3.15. The van der Waals surface area contributed by atoms with Crippen LogP contribution in [0, 0.1) is 6.92 Å². The molecule has 23 heavy (non-hydrogen) atoms. The van der Waals surface area contributed by atoms with Crippen molar-refractivity contribution in [2.75, 3.05) is 0 Å². The van der Waals surface area contributed by atoms with E-state index in [1.807, 2.05) is 30.5 Å². The van der Waals surface area contributed by atoms with Gasteiger partial charge in [0.2, 0.25) is 0 Å². The van der Waals surface area contributed by atoms with Gasteiger partial charge in [0.15, 0.2) is 5.65 Å². The van der Waals surface area contributed by atoms with E-state index in [1.165, 1.54) is 0 Å². The van der Waals surface area contributed by atoms with Gasteiger partial charge >= 0.3 is 5.97 Å². The van der Waals surface area contributed by atoms with E-state index in [0.29, 0.717) is 16.9 Å². The van der Waals surface area contributed by atoms with Crippen LogP contribution in [-0.2, 0) is 11.3 Å². The molecule has 4 aromatic rings. The number of ether oxygens (including phenoxy) is 1. The number of carbonyl (C=O) groups is 1. The molecule has 0 unspecified atom stereocenters. The van der Waals surface area contributed by atoms with Crippen LogP contribution < -0.4 is 0 Å². The zero-order valence-electron chi connectivity index (χ0n) is 12.5. The van der Waals surface area contributed by atoms with Crippen LogP contribution in [0.15, 0.2) is 48.9 Å². The van der Waals surface area contributed by atoms with Gasteiger partial charge in [-0.2, -0.15) is 5.10 Å². The number of carbonyl (C=O) groups excluding carboxylic acids is 1. The molecule has 3 heterocycles. The molecule has 114 valence electrons. The van der Waals surface area contributed by atoms with Crippen molar-refractivity contribution >= 4 is 22.5 Å². The number of aromatic amines is 1. The number of hydrogen-bond donors (Lipinski definition) is 1. The number of rotatable bonds is 3. The first-order chi connectivity index (χ1) is 11.2. The smallest absolute Gasteiger partial charge is 0.344 e. The number of hydrogen-bond acceptors (Lipinski definition) is 4. The van der Waals surface area contributed by atoms with Crippen LogP contribution in [-0.4, -0.2) is 25.6 Å². The molecule has 1 aromatic carbocycles. The monoisotopic (exact) mass is 306 g/mol. The number of aromatic nitrogens is 4. The molecule has 0 saturated carbocycles. The second kappa shape index (κ2) is 5.24. The topological polar surface area (TPSA) is 72.3 Å². The van der Waals surface area contributed by atoms with Gasteiger partial charge in [0.05, 0.1) is 5.69 Å². The Morgan fingerprint density at radius 1 is 1.30 bits per heavy atom. The van der Waals surface area contributed by atoms with E-state index in [4.69, 9.17) is 4.74 Å². The predicted octanol–water partition coefficient (Wildman–Crippen LogP) is 2.88. The predicted molar refractivity (Wildman–Crippen MR) is 85.1 cm³/mol. The molecule has 1 N–H and O–H groups in total. The highest BCUT2D eigenvalue weighted by atomic mass is 16.5. The fourth-order valence-electron chi connectivity index (χ4n) is 2.73. The van der Waals surface area contributed by atoms with Crippen molar-refractivity contribution in [3.05, 3.63) is 65.7 Å². The summed E-state index contributed by atoms with van der Waals surface area (Å²) < 4.78 is 7.07. The fourth-order valence-corrected chi connectivity index (χ4v) is 2.73. The molecule has 0 radical (unpaired) electrons. The van der Waals surface area contributed by atoms with Gasteiger partial charge in [0.1, 0.15) is 12.2 Å². The standard InChI is InChI=1S/C17H14N4O2/c1-11-15(16-19-7-3-9-21(16)20-11)17(22)23-10-12-4-2-5-14-13(12)6-8-18-14/h2-9,18H,10H2,1H3. The van der Waals surface area contributed by atoms with E-state index < -0.39 is 5.97 Å². The molecule has 0 atom stereocenters. The minimum Gasteiger partial charge on any atom is -0.457 e. The maximum absolute atomic E-state index is 12.5. The lowest BCUT2D eigenvalue weighted by Crippen LogP contribution is -2.07. The van der Waals surface area contributed by atoms with Crippen molar-refractivity contribution in [3.8, 4) is 0 Å². The highest BCUT2D eigenvalue weighted by molar-refractivity contribution is 5.97. The Morgan fingerprint density at radius 3 is 3.13 bits per heavy atom. The second-order valence-corrected chi connectivity index (χ2v) is 5.28. The van der Waals surface area contributed by atoms with Crippen LogP contribution in [0.4, 0.5) is 0 Å². The van der Waals surface area contributed by atoms with Gasteiger partial charge in [-0.15, -0.1) is 0 Å². The summed E-state index contributed by atoms with van der Waals surface area (Å²) in [5.74, 6) is -0.413. The summed E-state index contributed by atoms with van der Waals surface area (Å²) in [6.07, 6.45) is 5.26.